The van der Waals surface area contributed by atoms with Gasteiger partial charge < -0.3 is 15.5 Å². The van der Waals surface area contributed by atoms with Gasteiger partial charge in [-0.1, -0.05) is 30.3 Å². The minimum Gasteiger partial charge on any atom is -0.341 e. The molecule has 6 heteroatoms. The summed E-state index contributed by atoms with van der Waals surface area (Å²) in [5, 5.41) is 0. The van der Waals surface area contributed by atoms with E-state index in [9.17, 15) is 4.79 Å². The Hall–Kier alpha value is -0.750. The lowest BCUT2D eigenvalue weighted by Gasteiger charge is -2.35. The Kier molecular flexibility index (Phi) is 10.5. The van der Waals surface area contributed by atoms with E-state index in [0.29, 0.717) is 5.92 Å². The minimum absolute atomic E-state index is 0. The first-order valence-electron chi connectivity index (χ1n) is 8.86. The van der Waals surface area contributed by atoms with E-state index in [0.717, 1.165) is 51.2 Å². The summed E-state index contributed by atoms with van der Waals surface area (Å²) in [7, 11) is 2.18. The molecule has 4 nitrogen and oxygen atoms in total. The van der Waals surface area contributed by atoms with Gasteiger partial charge in [0.2, 0.25) is 5.91 Å². The van der Waals surface area contributed by atoms with Gasteiger partial charge in [-0.2, -0.15) is 11.8 Å². The lowest BCUT2D eigenvalue weighted by molar-refractivity contribution is -0.134. The van der Waals surface area contributed by atoms with Crippen molar-refractivity contribution in [1.82, 2.24) is 9.80 Å². The molecule has 0 unspecified atom stereocenters. The number of likely N-dealkylation sites (tertiary alicyclic amines) is 1. The molecular formula is C19H32ClN3OS. The van der Waals surface area contributed by atoms with Crippen LogP contribution in [0.2, 0.25) is 0 Å². The molecule has 1 aromatic carbocycles. The highest BCUT2D eigenvalue weighted by Gasteiger charge is 2.26. The molecule has 1 fully saturated rings. The van der Waals surface area contributed by atoms with Gasteiger partial charge in [-0.05, 0) is 49.8 Å². The Labute approximate surface area is 162 Å². The summed E-state index contributed by atoms with van der Waals surface area (Å²) in [4.78, 5) is 16.7. The van der Waals surface area contributed by atoms with Crippen molar-refractivity contribution in [3.63, 3.8) is 0 Å². The maximum atomic E-state index is 12.4. The summed E-state index contributed by atoms with van der Waals surface area (Å²) in [6, 6.07) is 10.3. The first-order chi connectivity index (χ1) is 11.6. The Bertz CT molecular complexity index is 495. The molecule has 0 aromatic heterocycles. The summed E-state index contributed by atoms with van der Waals surface area (Å²) in [6.07, 6.45) is 4.99. The third-order valence-electron chi connectivity index (χ3n) is 4.74. The number of amides is 1. The highest BCUT2D eigenvalue weighted by atomic mass is 35.5. The van der Waals surface area contributed by atoms with Gasteiger partial charge in [0.1, 0.15) is 0 Å². The van der Waals surface area contributed by atoms with E-state index < -0.39 is 0 Å². The SMILES string of the molecule is CSCC[C@H](N)C(=O)N1CCC(CN(C)Cc2ccccc2)CC1.Cl. The number of nitrogens with zero attached hydrogens (tertiary/aromatic N) is 2. The van der Waals surface area contributed by atoms with Crippen molar-refractivity contribution in [2.45, 2.75) is 31.8 Å². The second-order valence-corrected chi connectivity index (χ2v) is 7.82. The molecular weight excluding hydrogens is 354 g/mol. The Morgan fingerprint density at radius 2 is 1.96 bits per heavy atom. The average Bonchev–Trinajstić information content (AvgIpc) is 2.60. The molecule has 0 spiro atoms. The van der Waals surface area contributed by atoms with Gasteiger partial charge >= 0.3 is 0 Å². The number of carbonyl (C=O) groups is 1. The van der Waals surface area contributed by atoms with Crippen molar-refractivity contribution in [2.75, 3.05) is 38.7 Å². The van der Waals surface area contributed by atoms with Crippen LogP contribution in [0.15, 0.2) is 30.3 Å². The Morgan fingerprint density at radius 3 is 2.56 bits per heavy atom. The fourth-order valence-corrected chi connectivity index (χ4v) is 3.83. The molecule has 142 valence electrons. The van der Waals surface area contributed by atoms with Crippen LogP contribution in [0, 0.1) is 5.92 Å². The van der Waals surface area contributed by atoms with E-state index >= 15 is 0 Å². The molecule has 0 saturated carbocycles. The number of rotatable bonds is 8. The second kappa shape index (κ2) is 11.8. The minimum atomic E-state index is -0.324. The van der Waals surface area contributed by atoms with Crippen molar-refractivity contribution in [3.8, 4) is 0 Å². The van der Waals surface area contributed by atoms with Crippen LogP contribution in [0.3, 0.4) is 0 Å². The van der Waals surface area contributed by atoms with Crippen LogP contribution in [-0.4, -0.2) is 60.4 Å². The third-order valence-corrected chi connectivity index (χ3v) is 5.39. The van der Waals surface area contributed by atoms with Crippen LogP contribution in [0.5, 0.6) is 0 Å². The molecule has 0 bridgehead atoms. The van der Waals surface area contributed by atoms with Crippen LogP contribution >= 0.6 is 24.2 Å². The molecule has 2 N–H and O–H groups in total. The predicted molar refractivity (Wildman–Crippen MR) is 110 cm³/mol. The molecule has 1 atom stereocenters. The van der Waals surface area contributed by atoms with E-state index in [1.165, 1.54) is 5.56 Å². The number of benzene rings is 1. The molecule has 1 saturated heterocycles. The lowest BCUT2D eigenvalue weighted by Crippen LogP contribution is -2.48. The van der Waals surface area contributed by atoms with Gasteiger partial charge in [0, 0.05) is 26.2 Å². The second-order valence-electron chi connectivity index (χ2n) is 6.84. The average molecular weight is 386 g/mol. The quantitative estimate of drug-likeness (QED) is 0.747. The van der Waals surface area contributed by atoms with Crippen LogP contribution < -0.4 is 5.73 Å². The number of nitrogens with two attached hydrogens (primary N) is 1. The first-order valence-corrected chi connectivity index (χ1v) is 10.2. The summed E-state index contributed by atoms with van der Waals surface area (Å²) in [6.45, 7) is 3.79. The standard InChI is InChI=1S/C19H31N3OS.ClH/c1-21(14-16-6-4-3-5-7-16)15-17-8-11-22(12-9-17)19(23)18(20)10-13-24-2;/h3-7,17-18H,8-15,20H2,1-2H3;1H/t18-;/m0./s1. The van der Waals surface area contributed by atoms with Crippen molar-refractivity contribution in [2.24, 2.45) is 11.7 Å². The van der Waals surface area contributed by atoms with Gasteiger partial charge in [-0.15, -0.1) is 12.4 Å². The summed E-state index contributed by atoms with van der Waals surface area (Å²) >= 11 is 1.75. The molecule has 2 rings (SSSR count). The zero-order valence-electron chi connectivity index (χ0n) is 15.4. The number of piperidine rings is 1. The molecule has 1 heterocycles. The Morgan fingerprint density at radius 1 is 1.32 bits per heavy atom. The molecule has 1 aliphatic rings. The van der Waals surface area contributed by atoms with Crippen LogP contribution in [-0.2, 0) is 11.3 Å². The van der Waals surface area contributed by atoms with E-state index in [4.69, 9.17) is 5.73 Å². The summed E-state index contributed by atoms with van der Waals surface area (Å²) in [5.74, 6) is 1.76. The molecule has 1 aliphatic heterocycles. The van der Waals surface area contributed by atoms with Gasteiger partial charge in [-0.3, -0.25) is 4.79 Å². The zero-order chi connectivity index (χ0) is 17.4. The number of hydrogen-bond donors (Lipinski definition) is 1. The first kappa shape index (κ1) is 22.3. The van der Waals surface area contributed by atoms with Gasteiger partial charge in [0.15, 0.2) is 0 Å². The van der Waals surface area contributed by atoms with Crippen LogP contribution in [0.25, 0.3) is 0 Å². The number of halogens is 1. The van der Waals surface area contributed by atoms with Gasteiger partial charge in [0.25, 0.3) is 0 Å². The number of carbonyl (C=O) groups excluding carboxylic acids is 1. The van der Waals surface area contributed by atoms with E-state index in [-0.39, 0.29) is 24.4 Å². The lowest BCUT2D eigenvalue weighted by atomic mass is 9.95. The topological polar surface area (TPSA) is 49.6 Å². The van der Waals surface area contributed by atoms with E-state index in [1.807, 2.05) is 4.90 Å². The molecule has 1 amide bonds. The normalized spacial score (nSPS) is 16.6. The fraction of sp³-hybridized carbons (Fsp3) is 0.632. The van der Waals surface area contributed by atoms with Crippen molar-refractivity contribution >= 4 is 30.1 Å². The predicted octanol–water partition coefficient (Wildman–Crippen LogP) is 2.86. The maximum Gasteiger partial charge on any atom is 0.239 e. The van der Waals surface area contributed by atoms with Gasteiger partial charge in [0.05, 0.1) is 6.04 Å². The van der Waals surface area contributed by atoms with E-state index in [1.54, 1.807) is 11.8 Å². The number of thioether (sulfide) groups is 1. The monoisotopic (exact) mass is 385 g/mol. The fourth-order valence-electron chi connectivity index (χ4n) is 3.34. The smallest absolute Gasteiger partial charge is 0.239 e. The molecule has 1 aromatic rings. The highest BCUT2D eigenvalue weighted by Crippen LogP contribution is 2.20. The van der Waals surface area contributed by atoms with Crippen LogP contribution in [0.1, 0.15) is 24.8 Å². The van der Waals surface area contributed by atoms with Crippen molar-refractivity contribution < 1.29 is 4.79 Å². The molecule has 25 heavy (non-hydrogen) atoms. The zero-order valence-corrected chi connectivity index (χ0v) is 17.0. The maximum absolute atomic E-state index is 12.4. The summed E-state index contributed by atoms with van der Waals surface area (Å²) < 4.78 is 0. The van der Waals surface area contributed by atoms with Crippen molar-refractivity contribution in [3.05, 3.63) is 35.9 Å². The molecule has 0 aliphatic carbocycles. The summed E-state index contributed by atoms with van der Waals surface area (Å²) in [5.41, 5.74) is 7.38. The Balaban J connectivity index is 0.00000312. The third kappa shape index (κ3) is 7.57. The van der Waals surface area contributed by atoms with E-state index in [2.05, 4.69) is 48.5 Å². The highest BCUT2D eigenvalue weighted by molar-refractivity contribution is 7.98. The number of hydrogen-bond acceptors (Lipinski definition) is 4. The van der Waals surface area contributed by atoms with Crippen LogP contribution in [0.4, 0.5) is 0 Å². The molecule has 0 radical (unpaired) electrons. The van der Waals surface area contributed by atoms with Crippen molar-refractivity contribution in [1.29, 1.82) is 0 Å². The van der Waals surface area contributed by atoms with Gasteiger partial charge in [-0.25, -0.2) is 0 Å². The largest absolute Gasteiger partial charge is 0.341 e.